The third kappa shape index (κ3) is 4.63. The zero-order valence-corrected chi connectivity index (χ0v) is 17.0. The third-order valence-electron chi connectivity index (χ3n) is 4.59. The van der Waals surface area contributed by atoms with Crippen LogP contribution in [-0.4, -0.2) is 15.5 Å². The lowest BCUT2D eigenvalue weighted by Crippen LogP contribution is -2.30. The van der Waals surface area contributed by atoms with Crippen LogP contribution >= 0.6 is 15.9 Å². The number of nitrogens with zero attached hydrogens (tertiary/aromatic N) is 2. The van der Waals surface area contributed by atoms with Gasteiger partial charge in [0, 0.05) is 17.4 Å². The molecule has 0 fully saturated rings. The molecule has 1 atom stereocenters. The van der Waals surface area contributed by atoms with Gasteiger partial charge >= 0.3 is 0 Å². The number of rotatable bonds is 6. The van der Waals surface area contributed by atoms with Crippen LogP contribution in [0.15, 0.2) is 58.1 Å². The van der Waals surface area contributed by atoms with E-state index in [-0.39, 0.29) is 23.9 Å². The van der Waals surface area contributed by atoms with Gasteiger partial charge in [-0.25, -0.2) is 4.98 Å². The molecule has 0 spiro atoms. The third-order valence-corrected chi connectivity index (χ3v) is 5.08. The van der Waals surface area contributed by atoms with Crippen molar-refractivity contribution in [3.05, 3.63) is 74.7 Å². The summed E-state index contributed by atoms with van der Waals surface area (Å²) in [6, 6.07) is 13.5. The fourth-order valence-corrected chi connectivity index (χ4v) is 3.36. The van der Waals surface area contributed by atoms with E-state index in [0.29, 0.717) is 17.4 Å². The average Bonchev–Trinajstić information content (AvgIpc) is 2.67. The molecule has 0 aliphatic carbocycles. The van der Waals surface area contributed by atoms with E-state index in [0.717, 1.165) is 16.5 Å². The summed E-state index contributed by atoms with van der Waals surface area (Å²) in [6.07, 6.45) is 2.53. The molecule has 3 aromatic rings. The maximum Gasteiger partial charge on any atom is 0.261 e. The summed E-state index contributed by atoms with van der Waals surface area (Å²) in [5.41, 5.74) is 2.79. The number of nitrogens with one attached hydrogen (secondary N) is 1. The molecule has 0 aliphatic rings. The standard InChI is InChI=1S/C21H22BrN3O2/c1-3-18(15-6-4-14(2)5-7-15)24-20(26)10-11-25-13-23-19-9-8-16(22)12-17(19)21(25)27/h4-9,12-13,18H,3,10-11H2,1-2H3,(H,24,26). The van der Waals surface area contributed by atoms with Crippen LogP contribution in [0, 0.1) is 6.92 Å². The van der Waals surface area contributed by atoms with Crippen molar-refractivity contribution in [1.29, 1.82) is 0 Å². The molecule has 6 heteroatoms. The van der Waals surface area contributed by atoms with Crippen LogP contribution < -0.4 is 10.9 Å². The van der Waals surface area contributed by atoms with Crippen molar-refractivity contribution in [2.45, 2.75) is 39.3 Å². The molecule has 0 aliphatic heterocycles. The van der Waals surface area contributed by atoms with Crippen LogP contribution in [0.2, 0.25) is 0 Å². The van der Waals surface area contributed by atoms with Gasteiger partial charge in [0.2, 0.25) is 5.91 Å². The highest BCUT2D eigenvalue weighted by Gasteiger charge is 2.13. The van der Waals surface area contributed by atoms with Crippen molar-refractivity contribution >= 4 is 32.7 Å². The van der Waals surface area contributed by atoms with E-state index in [1.807, 2.05) is 44.2 Å². The largest absolute Gasteiger partial charge is 0.349 e. The Morgan fingerprint density at radius 3 is 2.67 bits per heavy atom. The van der Waals surface area contributed by atoms with E-state index in [2.05, 4.69) is 26.2 Å². The number of carbonyl (C=O) groups is 1. The number of fused-ring (bicyclic) bond motifs is 1. The van der Waals surface area contributed by atoms with Crippen molar-refractivity contribution in [2.75, 3.05) is 0 Å². The molecular weight excluding hydrogens is 406 g/mol. The SMILES string of the molecule is CCC(NC(=O)CCn1cnc2ccc(Br)cc2c1=O)c1ccc(C)cc1. The van der Waals surface area contributed by atoms with Gasteiger partial charge in [0.05, 0.1) is 23.3 Å². The second-order valence-corrected chi connectivity index (χ2v) is 7.51. The summed E-state index contributed by atoms with van der Waals surface area (Å²) in [7, 11) is 0. The molecule has 3 rings (SSSR count). The van der Waals surface area contributed by atoms with Crippen LogP contribution in [0.4, 0.5) is 0 Å². The normalized spacial score (nSPS) is 12.1. The Balaban J connectivity index is 1.68. The molecule has 1 unspecified atom stereocenters. The van der Waals surface area contributed by atoms with Crippen LogP contribution in [0.3, 0.4) is 0 Å². The van der Waals surface area contributed by atoms with Gasteiger partial charge in [0.25, 0.3) is 5.56 Å². The summed E-state index contributed by atoms with van der Waals surface area (Å²) < 4.78 is 2.31. The first-order valence-electron chi connectivity index (χ1n) is 8.98. The lowest BCUT2D eigenvalue weighted by Gasteiger charge is -2.18. The van der Waals surface area contributed by atoms with E-state index < -0.39 is 0 Å². The molecule has 2 aromatic carbocycles. The summed E-state index contributed by atoms with van der Waals surface area (Å²) in [5.74, 6) is -0.0799. The van der Waals surface area contributed by atoms with Gasteiger partial charge in [-0.3, -0.25) is 14.2 Å². The van der Waals surface area contributed by atoms with E-state index >= 15 is 0 Å². The molecule has 0 saturated carbocycles. The van der Waals surface area contributed by atoms with Gasteiger partial charge in [-0.2, -0.15) is 0 Å². The maximum absolute atomic E-state index is 12.6. The summed E-state index contributed by atoms with van der Waals surface area (Å²) in [4.78, 5) is 29.3. The van der Waals surface area contributed by atoms with Gasteiger partial charge in [-0.1, -0.05) is 52.7 Å². The number of halogens is 1. The van der Waals surface area contributed by atoms with E-state index in [1.165, 1.54) is 16.5 Å². The van der Waals surface area contributed by atoms with Gasteiger partial charge in [0.1, 0.15) is 0 Å². The molecule has 140 valence electrons. The molecule has 1 heterocycles. The van der Waals surface area contributed by atoms with Crippen molar-refractivity contribution in [2.24, 2.45) is 0 Å². The first-order chi connectivity index (χ1) is 13.0. The molecule has 1 amide bonds. The predicted octanol–water partition coefficient (Wildman–Crippen LogP) is 4.13. The minimum atomic E-state index is -0.139. The second kappa shape index (κ2) is 8.48. The number of aryl methyl sites for hydroxylation is 2. The Hall–Kier alpha value is -2.47. The zero-order chi connectivity index (χ0) is 19.4. The average molecular weight is 428 g/mol. The first-order valence-corrected chi connectivity index (χ1v) is 9.78. The lowest BCUT2D eigenvalue weighted by molar-refractivity contribution is -0.122. The lowest BCUT2D eigenvalue weighted by atomic mass is 10.0. The van der Waals surface area contributed by atoms with Crippen LogP contribution in [0.1, 0.15) is 36.9 Å². The number of benzene rings is 2. The Morgan fingerprint density at radius 1 is 1.22 bits per heavy atom. The number of hydrogen-bond acceptors (Lipinski definition) is 3. The van der Waals surface area contributed by atoms with Crippen LogP contribution in [0.5, 0.6) is 0 Å². The predicted molar refractivity (Wildman–Crippen MR) is 111 cm³/mol. The fraction of sp³-hybridized carbons (Fsp3) is 0.286. The Morgan fingerprint density at radius 2 is 1.96 bits per heavy atom. The minimum Gasteiger partial charge on any atom is -0.349 e. The molecule has 0 radical (unpaired) electrons. The maximum atomic E-state index is 12.6. The van der Waals surface area contributed by atoms with Crippen molar-refractivity contribution < 1.29 is 4.79 Å². The molecule has 0 saturated heterocycles. The van der Waals surface area contributed by atoms with Crippen LogP contribution in [-0.2, 0) is 11.3 Å². The quantitative estimate of drug-likeness (QED) is 0.643. The molecule has 1 N–H and O–H groups in total. The number of hydrogen-bond donors (Lipinski definition) is 1. The highest BCUT2D eigenvalue weighted by molar-refractivity contribution is 9.10. The molecule has 0 bridgehead atoms. The van der Waals surface area contributed by atoms with Crippen LogP contribution in [0.25, 0.3) is 10.9 Å². The Bertz CT molecular complexity index is 1010. The zero-order valence-electron chi connectivity index (χ0n) is 15.4. The Kier molecular flexibility index (Phi) is 6.06. The van der Waals surface area contributed by atoms with Crippen molar-refractivity contribution in [3.8, 4) is 0 Å². The second-order valence-electron chi connectivity index (χ2n) is 6.59. The van der Waals surface area contributed by atoms with Gasteiger partial charge < -0.3 is 5.32 Å². The number of aromatic nitrogens is 2. The Labute approximate surface area is 166 Å². The molecular formula is C21H22BrN3O2. The van der Waals surface area contributed by atoms with Crippen molar-refractivity contribution in [3.63, 3.8) is 0 Å². The summed E-state index contributed by atoms with van der Waals surface area (Å²) in [5, 5.41) is 3.60. The summed E-state index contributed by atoms with van der Waals surface area (Å²) >= 11 is 3.37. The van der Waals surface area contributed by atoms with E-state index in [1.54, 1.807) is 12.1 Å². The van der Waals surface area contributed by atoms with E-state index in [4.69, 9.17) is 0 Å². The fourth-order valence-electron chi connectivity index (χ4n) is 3.00. The highest BCUT2D eigenvalue weighted by atomic mass is 79.9. The molecule has 27 heavy (non-hydrogen) atoms. The van der Waals surface area contributed by atoms with Gasteiger partial charge in [-0.15, -0.1) is 0 Å². The highest BCUT2D eigenvalue weighted by Crippen LogP contribution is 2.17. The molecule has 5 nitrogen and oxygen atoms in total. The van der Waals surface area contributed by atoms with Crippen molar-refractivity contribution in [1.82, 2.24) is 14.9 Å². The van der Waals surface area contributed by atoms with Gasteiger partial charge in [0.15, 0.2) is 0 Å². The molecule has 1 aromatic heterocycles. The number of amides is 1. The topological polar surface area (TPSA) is 64.0 Å². The number of carbonyl (C=O) groups excluding carboxylic acids is 1. The van der Waals surface area contributed by atoms with E-state index in [9.17, 15) is 9.59 Å². The summed E-state index contributed by atoms with van der Waals surface area (Å²) in [6.45, 7) is 4.38. The monoisotopic (exact) mass is 427 g/mol. The smallest absolute Gasteiger partial charge is 0.261 e. The first kappa shape index (κ1) is 19.3. The van der Waals surface area contributed by atoms with Gasteiger partial charge in [-0.05, 0) is 37.1 Å². The minimum absolute atomic E-state index is 0.0273.